The van der Waals surface area contributed by atoms with E-state index in [-0.39, 0.29) is 19.1 Å². The molecule has 0 fully saturated rings. The minimum Gasteiger partial charge on any atom is -0.489 e. The van der Waals surface area contributed by atoms with Crippen molar-refractivity contribution in [3.63, 3.8) is 0 Å². The molecular formula is C30H28O5S. The van der Waals surface area contributed by atoms with Crippen molar-refractivity contribution in [2.75, 3.05) is 13.9 Å². The quantitative estimate of drug-likeness (QED) is 0.187. The molecule has 1 atom stereocenters. The highest BCUT2D eigenvalue weighted by atomic mass is 32.1. The van der Waals surface area contributed by atoms with E-state index in [2.05, 4.69) is 48.4 Å². The van der Waals surface area contributed by atoms with Crippen LogP contribution in [0.15, 0.2) is 66.0 Å². The number of thiophene rings is 1. The number of ether oxygens (including phenoxy) is 3. The topological polar surface area (TPSA) is 65.0 Å². The highest BCUT2D eigenvalue weighted by Crippen LogP contribution is 2.38. The molecule has 0 aliphatic rings. The van der Waals surface area contributed by atoms with Gasteiger partial charge in [0.05, 0.1) is 12.3 Å². The second kappa shape index (κ2) is 11.8. The molecule has 0 spiro atoms. The maximum absolute atomic E-state index is 11.1. The number of benzene rings is 3. The first-order chi connectivity index (χ1) is 17.5. The molecule has 184 valence electrons. The summed E-state index contributed by atoms with van der Waals surface area (Å²) in [4.78, 5) is 11.1. The van der Waals surface area contributed by atoms with Crippen molar-refractivity contribution in [1.82, 2.24) is 0 Å². The van der Waals surface area contributed by atoms with Crippen LogP contribution in [0.1, 0.15) is 36.0 Å². The Morgan fingerprint density at radius 3 is 2.58 bits per heavy atom. The third-order valence-electron chi connectivity index (χ3n) is 5.93. The van der Waals surface area contributed by atoms with Crippen LogP contribution in [-0.2, 0) is 16.1 Å². The van der Waals surface area contributed by atoms with Crippen molar-refractivity contribution < 1.29 is 24.1 Å². The van der Waals surface area contributed by atoms with Crippen molar-refractivity contribution in [3.8, 4) is 34.5 Å². The molecule has 0 saturated carbocycles. The summed E-state index contributed by atoms with van der Waals surface area (Å²) in [5.74, 6) is 6.13. The van der Waals surface area contributed by atoms with Crippen LogP contribution in [0.2, 0.25) is 0 Å². The molecule has 1 heterocycles. The highest BCUT2D eigenvalue weighted by Gasteiger charge is 2.14. The molecule has 4 rings (SSSR count). The van der Waals surface area contributed by atoms with E-state index in [9.17, 15) is 4.79 Å². The van der Waals surface area contributed by atoms with Crippen LogP contribution in [0.25, 0.3) is 21.2 Å². The van der Waals surface area contributed by atoms with Gasteiger partial charge in [-0.15, -0.1) is 17.3 Å². The number of rotatable bonds is 10. The van der Waals surface area contributed by atoms with Gasteiger partial charge in [-0.1, -0.05) is 36.3 Å². The van der Waals surface area contributed by atoms with Crippen LogP contribution >= 0.6 is 11.3 Å². The Balaban J connectivity index is 1.52. The molecule has 5 nitrogen and oxygen atoms in total. The van der Waals surface area contributed by atoms with E-state index in [1.807, 2.05) is 36.4 Å². The zero-order valence-corrected chi connectivity index (χ0v) is 21.4. The van der Waals surface area contributed by atoms with E-state index in [0.29, 0.717) is 6.61 Å². The summed E-state index contributed by atoms with van der Waals surface area (Å²) >= 11 is 1.72. The fraction of sp³-hybridized carbons (Fsp3) is 0.233. The number of hydrogen-bond donors (Lipinski definition) is 1. The van der Waals surface area contributed by atoms with Crippen LogP contribution in [0.3, 0.4) is 0 Å². The lowest BCUT2D eigenvalue weighted by molar-refractivity contribution is -0.137. The largest absolute Gasteiger partial charge is 0.489 e. The zero-order valence-electron chi connectivity index (χ0n) is 20.5. The van der Waals surface area contributed by atoms with Crippen LogP contribution in [-0.4, -0.2) is 25.0 Å². The van der Waals surface area contributed by atoms with E-state index < -0.39 is 5.97 Å². The number of carboxylic acids is 1. The first-order valence-corrected chi connectivity index (χ1v) is 12.5. The number of carbonyl (C=O) groups is 1. The Bertz CT molecular complexity index is 1410. The molecule has 0 radical (unpaired) electrons. The van der Waals surface area contributed by atoms with Gasteiger partial charge in [-0.3, -0.25) is 4.79 Å². The van der Waals surface area contributed by atoms with Gasteiger partial charge in [0.15, 0.2) is 6.79 Å². The first kappa shape index (κ1) is 25.3. The number of aliphatic carboxylic acids is 1. The van der Waals surface area contributed by atoms with E-state index in [4.69, 9.17) is 19.3 Å². The van der Waals surface area contributed by atoms with Gasteiger partial charge < -0.3 is 19.3 Å². The number of carboxylic acid groups (broad SMARTS) is 1. The Hall–Kier alpha value is -3.79. The lowest BCUT2D eigenvalue weighted by Crippen LogP contribution is -2.04. The zero-order chi connectivity index (χ0) is 25.5. The van der Waals surface area contributed by atoms with Gasteiger partial charge in [-0.25, -0.2) is 0 Å². The lowest BCUT2D eigenvalue weighted by atomic mass is 9.96. The summed E-state index contributed by atoms with van der Waals surface area (Å²) in [5.41, 5.74) is 5.31. The third-order valence-corrected chi connectivity index (χ3v) is 6.89. The molecule has 0 aliphatic heterocycles. The predicted octanol–water partition coefficient (Wildman–Crippen LogP) is 7.02. The Morgan fingerprint density at radius 2 is 1.86 bits per heavy atom. The van der Waals surface area contributed by atoms with E-state index >= 15 is 0 Å². The summed E-state index contributed by atoms with van der Waals surface area (Å²) in [6.07, 6.45) is -0.0229. The average molecular weight is 501 g/mol. The minimum atomic E-state index is -0.865. The van der Waals surface area contributed by atoms with Crippen molar-refractivity contribution >= 4 is 27.4 Å². The molecule has 6 heteroatoms. The van der Waals surface area contributed by atoms with Crippen molar-refractivity contribution in [1.29, 1.82) is 0 Å². The molecular weight excluding hydrogens is 472 g/mol. The maximum Gasteiger partial charge on any atom is 0.304 e. The fourth-order valence-corrected chi connectivity index (χ4v) is 5.06. The summed E-state index contributed by atoms with van der Waals surface area (Å²) in [7, 11) is 1.61. The second-order valence-electron chi connectivity index (χ2n) is 8.36. The van der Waals surface area contributed by atoms with E-state index in [0.717, 1.165) is 33.8 Å². The molecule has 0 aliphatic carbocycles. The predicted molar refractivity (Wildman–Crippen MR) is 144 cm³/mol. The van der Waals surface area contributed by atoms with Crippen LogP contribution in [0.4, 0.5) is 0 Å². The monoisotopic (exact) mass is 500 g/mol. The summed E-state index contributed by atoms with van der Waals surface area (Å²) in [5, 5.41) is 12.5. The average Bonchev–Trinajstić information content (AvgIpc) is 3.30. The van der Waals surface area contributed by atoms with Crippen molar-refractivity contribution in [2.24, 2.45) is 0 Å². The molecule has 36 heavy (non-hydrogen) atoms. The first-order valence-electron chi connectivity index (χ1n) is 11.6. The summed E-state index contributed by atoms with van der Waals surface area (Å²) in [6, 6.07) is 20.0. The lowest BCUT2D eigenvalue weighted by Gasteiger charge is -2.12. The van der Waals surface area contributed by atoms with Gasteiger partial charge in [0.25, 0.3) is 0 Å². The van der Waals surface area contributed by atoms with Crippen LogP contribution in [0.5, 0.6) is 11.5 Å². The SMILES string of the molecule is CC#C[C@@H](CC(=O)O)c1ccc(OCc2ccc3scc(-c4cccc(OCOC)c4C)c3c2)cc1. The van der Waals surface area contributed by atoms with Crippen LogP contribution in [0, 0.1) is 18.8 Å². The number of methoxy groups -OCH3 is 1. The van der Waals surface area contributed by atoms with Gasteiger partial charge >= 0.3 is 5.97 Å². The molecule has 3 aromatic carbocycles. The molecule has 0 bridgehead atoms. The molecule has 0 unspecified atom stereocenters. The summed E-state index contributed by atoms with van der Waals surface area (Å²) < 4.78 is 18.0. The molecule has 4 aromatic rings. The fourth-order valence-electron chi connectivity index (χ4n) is 4.12. The standard InChI is InChI=1S/C30H28O5S/c1-4-6-23(16-30(31)32)22-10-12-24(13-11-22)34-17-21-9-14-29-26(15-21)27(18-36-29)25-7-5-8-28(20(25)2)35-19-33-3/h5,7-15,18,23H,16-17,19H2,1-3H3,(H,31,32)/t23-/m0/s1. The Kier molecular flexibility index (Phi) is 8.27. The van der Waals surface area contributed by atoms with Gasteiger partial charge in [0.2, 0.25) is 0 Å². The number of hydrogen-bond acceptors (Lipinski definition) is 5. The van der Waals surface area contributed by atoms with Gasteiger partial charge in [-0.05, 0) is 71.8 Å². The molecule has 1 N–H and O–H groups in total. The summed E-state index contributed by atoms with van der Waals surface area (Å²) in [6.45, 7) is 4.42. The maximum atomic E-state index is 11.1. The minimum absolute atomic E-state index is 0.0229. The van der Waals surface area contributed by atoms with Crippen LogP contribution < -0.4 is 9.47 Å². The van der Waals surface area contributed by atoms with Crippen molar-refractivity contribution in [2.45, 2.75) is 32.8 Å². The molecule has 0 saturated heterocycles. The Morgan fingerprint density at radius 1 is 1.06 bits per heavy atom. The number of fused-ring (bicyclic) bond motifs is 1. The molecule has 1 aromatic heterocycles. The third kappa shape index (κ3) is 5.88. The van der Waals surface area contributed by atoms with E-state index in [1.165, 1.54) is 15.6 Å². The molecule has 0 amide bonds. The smallest absolute Gasteiger partial charge is 0.304 e. The normalized spacial score (nSPS) is 11.5. The van der Waals surface area contributed by atoms with Gasteiger partial charge in [0.1, 0.15) is 18.1 Å². The van der Waals surface area contributed by atoms with Gasteiger partial charge in [-0.2, -0.15) is 0 Å². The van der Waals surface area contributed by atoms with E-state index in [1.54, 1.807) is 25.4 Å². The highest BCUT2D eigenvalue weighted by molar-refractivity contribution is 7.17. The second-order valence-corrected chi connectivity index (χ2v) is 9.27. The van der Waals surface area contributed by atoms with Gasteiger partial charge in [0, 0.05) is 22.8 Å². The van der Waals surface area contributed by atoms with Crippen molar-refractivity contribution in [3.05, 3.63) is 82.7 Å². The Labute approximate surface area is 215 Å².